The number of carbonyl (C=O) groups is 2. The molecule has 2 heterocycles. The molecule has 1 amide bonds. The number of hydrogen-bond donors (Lipinski definition) is 0. The monoisotopic (exact) mass is 197 g/mol. The normalized spacial score (nSPS) is 32.5. The van der Waals surface area contributed by atoms with Crippen LogP contribution in [0.1, 0.15) is 25.7 Å². The molecule has 2 fully saturated rings. The van der Waals surface area contributed by atoms with Crippen molar-refractivity contribution in [2.45, 2.75) is 31.8 Å². The van der Waals surface area contributed by atoms with E-state index in [0.29, 0.717) is 6.42 Å². The molecule has 0 bridgehead atoms. The fourth-order valence-electron chi connectivity index (χ4n) is 2.18. The van der Waals surface area contributed by atoms with E-state index in [1.807, 2.05) is 7.05 Å². The maximum atomic E-state index is 11.6. The van der Waals surface area contributed by atoms with Crippen LogP contribution in [-0.4, -0.2) is 36.5 Å². The quantitative estimate of drug-likeness (QED) is 0.608. The van der Waals surface area contributed by atoms with Gasteiger partial charge in [-0.05, 0) is 19.3 Å². The minimum Gasteiger partial charge on any atom is -0.462 e. The number of likely N-dealkylation sites (tertiary alicyclic amines) is 1. The molecule has 2 unspecified atom stereocenters. The first-order valence-corrected chi connectivity index (χ1v) is 5.11. The van der Waals surface area contributed by atoms with Gasteiger partial charge in [0.1, 0.15) is 6.10 Å². The molecule has 0 aromatic heterocycles. The molecule has 0 spiro atoms. The summed E-state index contributed by atoms with van der Waals surface area (Å²) in [6.45, 7) is 0.837. The summed E-state index contributed by atoms with van der Waals surface area (Å²) in [7, 11) is 1.82. The fraction of sp³-hybridized carbons (Fsp3) is 0.800. The lowest BCUT2D eigenvalue weighted by Gasteiger charge is -2.13. The molecular formula is C10H15NO3. The van der Waals surface area contributed by atoms with Crippen molar-refractivity contribution in [1.29, 1.82) is 0 Å². The second-order valence-corrected chi connectivity index (χ2v) is 4.13. The first-order valence-electron chi connectivity index (χ1n) is 5.11. The van der Waals surface area contributed by atoms with E-state index in [-0.39, 0.29) is 23.9 Å². The van der Waals surface area contributed by atoms with Crippen molar-refractivity contribution in [3.63, 3.8) is 0 Å². The van der Waals surface area contributed by atoms with Crippen molar-refractivity contribution in [2.24, 2.45) is 5.92 Å². The van der Waals surface area contributed by atoms with Gasteiger partial charge < -0.3 is 9.64 Å². The van der Waals surface area contributed by atoms with Crippen molar-refractivity contribution in [3.8, 4) is 0 Å². The molecular weight excluding hydrogens is 182 g/mol. The Morgan fingerprint density at radius 2 is 2.21 bits per heavy atom. The summed E-state index contributed by atoms with van der Waals surface area (Å²) < 4.78 is 5.10. The van der Waals surface area contributed by atoms with Gasteiger partial charge in [-0.25, -0.2) is 0 Å². The van der Waals surface area contributed by atoms with Gasteiger partial charge in [-0.15, -0.1) is 0 Å². The SMILES string of the molecule is CN1CCC(CC2CCC(=O)O2)C1=O. The molecule has 14 heavy (non-hydrogen) atoms. The number of esters is 1. The highest BCUT2D eigenvalue weighted by atomic mass is 16.5. The highest BCUT2D eigenvalue weighted by Crippen LogP contribution is 2.27. The molecule has 0 aromatic rings. The molecule has 0 N–H and O–H groups in total. The molecule has 0 radical (unpaired) electrons. The van der Waals surface area contributed by atoms with Crippen LogP contribution in [-0.2, 0) is 14.3 Å². The van der Waals surface area contributed by atoms with Crippen LogP contribution in [0.15, 0.2) is 0 Å². The number of nitrogens with zero attached hydrogens (tertiary/aromatic N) is 1. The summed E-state index contributed by atoms with van der Waals surface area (Å²) >= 11 is 0. The molecule has 0 saturated carbocycles. The molecule has 2 saturated heterocycles. The van der Waals surface area contributed by atoms with E-state index in [2.05, 4.69) is 0 Å². The van der Waals surface area contributed by atoms with Crippen LogP contribution in [0.2, 0.25) is 0 Å². The molecule has 2 atom stereocenters. The third kappa shape index (κ3) is 1.74. The summed E-state index contributed by atoms with van der Waals surface area (Å²) in [6.07, 6.45) is 2.91. The largest absolute Gasteiger partial charge is 0.462 e. The van der Waals surface area contributed by atoms with Gasteiger partial charge in [0.05, 0.1) is 0 Å². The van der Waals surface area contributed by atoms with E-state index in [0.717, 1.165) is 25.8 Å². The van der Waals surface area contributed by atoms with Crippen molar-refractivity contribution < 1.29 is 14.3 Å². The average molecular weight is 197 g/mol. The smallest absolute Gasteiger partial charge is 0.306 e. The zero-order chi connectivity index (χ0) is 10.1. The van der Waals surface area contributed by atoms with Crippen LogP contribution in [0.25, 0.3) is 0 Å². The van der Waals surface area contributed by atoms with Gasteiger partial charge in [0.2, 0.25) is 5.91 Å². The number of carbonyl (C=O) groups excluding carboxylic acids is 2. The van der Waals surface area contributed by atoms with Crippen LogP contribution in [0.4, 0.5) is 0 Å². The minimum atomic E-state index is -0.117. The Balaban J connectivity index is 1.86. The highest BCUT2D eigenvalue weighted by Gasteiger charge is 2.34. The van der Waals surface area contributed by atoms with Crippen LogP contribution >= 0.6 is 0 Å². The van der Waals surface area contributed by atoms with Gasteiger partial charge in [-0.3, -0.25) is 9.59 Å². The number of ether oxygens (including phenoxy) is 1. The second-order valence-electron chi connectivity index (χ2n) is 4.13. The van der Waals surface area contributed by atoms with Crippen molar-refractivity contribution in [1.82, 2.24) is 4.90 Å². The molecule has 2 aliphatic rings. The van der Waals surface area contributed by atoms with Gasteiger partial charge in [-0.1, -0.05) is 0 Å². The van der Waals surface area contributed by atoms with E-state index in [9.17, 15) is 9.59 Å². The Morgan fingerprint density at radius 1 is 1.43 bits per heavy atom. The predicted molar refractivity (Wildman–Crippen MR) is 49.5 cm³/mol. The molecule has 0 aliphatic carbocycles. The van der Waals surface area contributed by atoms with Gasteiger partial charge >= 0.3 is 5.97 Å². The topological polar surface area (TPSA) is 46.6 Å². The van der Waals surface area contributed by atoms with Gasteiger partial charge in [0, 0.05) is 25.9 Å². The van der Waals surface area contributed by atoms with E-state index in [1.54, 1.807) is 4.90 Å². The summed E-state index contributed by atoms with van der Waals surface area (Å²) in [6, 6.07) is 0. The number of rotatable bonds is 2. The zero-order valence-electron chi connectivity index (χ0n) is 8.36. The first-order chi connectivity index (χ1) is 6.66. The van der Waals surface area contributed by atoms with Gasteiger partial charge in [0.15, 0.2) is 0 Å². The second kappa shape index (κ2) is 3.59. The lowest BCUT2D eigenvalue weighted by atomic mass is 9.99. The lowest BCUT2D eigenvalue weighted by molar-refractivity contribution is -0.143. The van der Waals surface area contributed by atoms with Gasteiger partial charge in [-0.2, -0.15) is 0 Å². The predicted octanol–water partition coefficient (Wildman–Crippen LogP) is 0.560. The van der Waals surface area contributed by atoms with Gasteiger partial charge in [0.25, 0.3) is 0 Å². The fourth-order valence-corrected chi connectivity index (χ4v) is 2.18. The highest BCUT2D eigenvalue weighted by molar-refractivity contribution is 5.80. The summed E-state index contributed by atoms with van der Waals surface area (Å²) in [5, 5.41) is 0. The van der Waals surface area contributed by atoms with E-state index >= 15 is 0 Å². The number of cyclic esters (lactones) is 1. The summed E-state index contributed by atoms with van der Waals surface area (Å²) in [5.74, 6) is 0.164. The lowest BCUT2D eigenvalue weighted by Crippen LogP contribution is -2.25. The van der Waals surface area contributed by atoms with Crippen LogP contribution in [0, 0.1) is 5.92 Å². The van der Waals surface area contributed by atoms with Crippen molar-refractivity contribution >= 4 is 11.9 Å². The standard InChI is InChI=1S/C10H15NO3/c1-11-5-4-7(10(11)13)6-8-2-3-9(12)14-8/h7-8H,2-6H2,1H3. The van der Waals surface area contributed by atoms with Crippen LogP contribution in [0.5, 0.6) is 0 Å². The van der Waals surface area contributed by atoms with Crippen molar-refractivity contribution in [2.75, 3.05) is 13.6 Å². The Labute approximate surface area is 83.2 Å². The molecule has 2 rings (SSSR count). The summed E-state index contributed by atoms with van der Waals surface area (Å²) in [5.41, 5.74) is 0. The van der Waals surface area contributed by atoms with E-state index < -0.39 is 0 Å². The molecule has 4 heteroatoms. The maximum absolute atomic E-state index is 11.6. The maximum Gasteiger partial charge on any atom is 0.306 e. The summed E-state index contributed by atoms with van der Waals surface area (Å²) in [4.78, 5) is 24.2. The minimum absolute atomic E-state index is 0.0112. The first kappa shape index (κ1) is 9.49. The third-order valence-corrected chi connectivity index (χ3v) is 3.05. The molecule has 0 aromatic carbocycles. The van der Waals surface area contributed by atoms with Crippen LogP contribution in [0.3, 0.4) is 0 Å². The molecule has 78 valence electrons. The number of amides is 1. The Kier molecular flexibility index (Phi) is 2.44. The molecule has 2 aliphatic heterocycles. The Hall–Kier alpha value is -1.06. The average Bonchev–Trinajstić information content (AvgIpc) is 2.67. The van der Waals surface area contributed by atoms with Crippen LogP contribution < -0.4 is 0 Å². The third-order valence-electron chi connectivity index (χ3n) is 3.05. The Morgan fingerprint density at radius 3 is 2.71 bits per heavy atom. The zero-order valence-corrected chi connectivity index (χ0v) is 8.36. The van der Waals surface area contributed by atoms with Crippen molar-refractivity contribution in [3.05, 3.63) is 0 Å². The van der Waals surface area contributed by atoms with E-state index in [4.69, 9.17) is 4.74 Å². The number of hydrogen-bond acceptors (Lipinski definition) is 3. The van der Waals surface area contributed by atoms with E-state index in [1.165, 1.54) is 0 Å². The molecule has 4 nitrogen and oxygen atoms in total. The Bertz CT molecular complexity index is 264.